The van der Waals surface area contributed by atoms with E-state index in [0.717, 1.165) is 43.5 Å². The zero-order valence-electron chi connectivity index (χ0n) is 15.2. The van der Waals surface area contributed by atoms with Crippen LogP contribution in [0.15, 0.2) is 54.6 Å². The number of nitrogens with one attached hydrogen (secondary N) is 1. The highest BCUT2D eigenvalue weighted by Crippen LogP contribution is 2.39. The summed E-state index contributed by atoms with van der Waals surface area (Å²) in [6.45, 7) is 2.35. The van der Waals surface area contributed by atoms with Crippen molar-refractivity contribution in [2.45, 2.75) is 37.3 Å². The van der Waals surface area contributed by atoms with Gasteiger partial charge in [-0.1, -0.05) is 48.5 Å². The number of carbonyl (C=O) groups excluding carboxylic acids is 1. The van der Waals surface area contributed by atoms with Gasteiger partial charge in [0.2, 0.25) is 5.91 Å². The van der Waals surface area contributed by atoms with Crippen molar-refractivity contribution in [1.29, 1.82) is 0 Å². The summed E-state index contributed by atoms with van der Waals surface area (Å²) in [7, 11) is 0. The molecule has 2 aliphatic heterocycles. The monoisotopic (exact) mass is 364 g/mol. The fourth-order valence-electron chi connectivity index (χ4n) is 4.41. The van der Waals surface area contributed by atoms with Crippen molar-refractivity contribution in [3.63, 3.8) is 0 Å². The Hall–Kier alpha value is -2.66. The van der Waals surface area contributed by atoms with E-state index in [1.807, 2.05) is 42.5 Å². The molecule has 2 N–H and O–H groups in total. The first kappa shape index (κ1) is 17.7. The van der Waals surface area contributed by atoms with E-state index in [1.165, 1.54) is 0 Å². The number of nitrogens with zero attached hydrogens (tertiary/aromatic N) is 1. The molecule has 1 atom stereocenters. The SMILES string of the molecule is O=C(O)c1ccccc1CN1CCC2(CC1)CC(c1ccccc1)C(=O)N2. The third-order valence-electron chi connectivity index (χ3n) is 5.96. The van der Waals surface area contributed by atoms with Crippen LogP contribution in [0.3, 0.4) is 0 Å². The van der Waals surface area contributed by atoms with Crippen LogP contribution in [0.5, 0.6) is 0 Å². The molecule has 0 saturated carbocycles. The average molecular weight is 364 g/mol. The number of amides is 1. The lowest BCUT2D eigenvalue weighted by atomic mass is 9.82. The Balaban J connectivity index is 1.41. The predicted molar refractivity (Wildman–Crippen MR) is 103 cm³/mol. The van der Waals surface area contributed by atoms with E-state index < -0.39 is 5.97 Å². The number of hydrogen-bond donors (Lipinski definition) is 2. The lowest BCUT2D eigenvalue weighted by Crippen LogP contribution is -2.50. The molecule has 5 heteroatoms. The van der Waals surface area contributed by atoms with Crippen LogP contribution in [-0.4, -0.2) is 40.5 Å². The molecule has 5 nitrogen and oxygen atoms in total. The summed E-state index contributed by atoms with van der Waals surface area (Å²) in [4.78, 5) is 26.2. The standard InChI is InChI=1S/C22H24N2O3/c25-20-19(16-6-2-1-3-7-16)14-22(23-20)10-12-24(13-11-22)15-17-8-4-5-9-18(17)21(26)27/h1-9,19H,10-15H2,(H,23,25)(H,26,27). The van der Waals surface area contributed by atoms with Gasteiger partial charge in [0.05, 0.1) is 11.5 Å². The summed E-state index contributed by atoms with van der Waals surface area (Å²) in [5, 5.41) is 12.6. The van der Waals surface area contributed by atoms with E-state index in [4.69, 9.17) is 0 Å². The Morgan fingerprint density at radius 1 is 1.07 bits per heavy atom. The maximum absolute atomic E-state index is 12.6. The number of rotatable bonds is 4. The Labute approximate surface area is 159 Å². The van der Waals surface area contributed by atoms with E-state index in [9.17, 15) is 14.7 Å². The van der Waals surface area contributed by atoms with Crippen LogP contribution in [0.25, 0.3) is 0 Å². The molecule has 0 bridgehead atoms. The highest BCUT2D eigenvalue weighted by molar-refractivity contribution is 5.89. The van der Waals surface area contributed by atoms with Gasteiger partial charge in [-0.25, -0.2) is 4.79 Å². The van der Waals surface area contributed by atoms with Gasteiger partial charge in [0.25, 0.3) is 0 Å². The molecule has 140 valence electrons. The topological polar surface area (TPSA) is 69.6 Å². The highest BCUT2D eigenvalue weighted by Gasteiger charge is 2.46. The van der Waals surface area contributed by atoms with Crippen molar-refractivity contribution in [2.24, 2.45) is 0 Å². The highest BCUT2D eigenvalue weighted by atomic mass is 16.4. The van der Waals surface area contributed by atoms with Crippen molar-refractivity contribution < 1.29 is 14.7 Å². The number of carbonyl (C=O) groups is 2. The second kappa shape index (κ2) is 7.16. The minimum absolute atomic E-state index is 0.0644. The average Bonchev–Trinajstić information content (AvgIpc) is 3.01. The van der Waals surface area contributed by atoms with Gasteiger partial charge in [0, 0.05) is 25.2 Å². The van der Waals surface area contributed by atoms with Gasteiger partial charge < -0.3 is 10.4 Å². The molecule has 2 heterocycles. The lowest BCUT2D eigenvalue weighted by Gasteiger charge is -2.39. The van der Waals surface area contributed by atoms with Crippen molar-refractivity contribution in [3.05, 3.63) is 71.3 Å². The van der Waals surface area contributed by atoms with E-state index >= 15 is 0 Å². The molecule has 2 saturated heterocycles. The van der Waals surface area contributed by atoms with Crippen LogP contribution in [0.1, 0.15) is 46.7 Å². The minimum Gasteiger partial charge on any atom is -0.478 e. The summed E-state index contributed by atoms with van der Waals surface area (Å²) >= 11 is 0. The number of benzene rings is 2. The van der Waals surface area contributed by atoms with Gasteiger partial charge in [-0.15, -0.1) is 0 Å². The number of hydrogen-bond acceptors (Lipinski definition) is 3. The molecule has 2 aliphatic rings. The third kappa shape index (κ3) is 3.60. The molecular formula is C22H24N2O3. The maximum atomic E-state index is 12.6. The fourth-order valence-corrected chi connectivity index (χ4v) is 4.41. The normalized spacial score (nSPS) is 21.9. The van der Waals surface area contributed by atoms with Crippen molar-refractivity contribution in [2.75, 3.05) is 13.1 Å². The molecule has 1 spiro atoms. The van der Waals surface area contributed by atoms with Crippen LogP contribution >= 0.6 is 0 Å². The third-order valence-corrected chi connectivity index (χ3v) is 5.96. The summed E-state index contributed by atoms with van der Waals surface area (Å²) in [6, 6.07) is 17.2. The molecule has 1 unspecified atom stereocenters. The molecule has 0 aliphatic carbocycles. The molecular weight excluding hydrogens is 340 g/mol. The largest absolute Gasteiger partial charge is 0.478 e. The second-order valence-electron chi connectivity index (χ2n) is 7.68. The van der Waals surface area contributed by atoms with Crippen molar-refractivity contribution in [3.8, 4) is 0 Å². The molecule has 1 amide bonds. The van der Waals surface area contributed by atoms with Gasteiger partial charge in [-0.2, -0.15) is 0 Å². The number of likely N-dealkylation sites (tertiary alicyclic amines) is 1. The zero-order valence-corrected chi connectivity index (χ0v) is 15.2. The summed E-state index contributed by atoms with van der Waals surface area (Å²) in [5.74, 6) is -0.816. The van der Waals surface area contributed by atoms with Crippen LogP contribution < -0.4 is 5.32 Å². The Morgan fingerprint density at radius 2 is 1.74 bits per heavy atom. The van der Waals surface area contributed by atoms with Gasteiger partial charge >= 0.3 is 5.97 Å². The Morgan fingerprint density at radius 3 is 2.44 bits per heavy atom. The molecule has 2 aromatic carbocycles. The first-order valence-electron chi connectivity index (χ1n) is 9.47. The van der Waals surface area contributed by atoms with E-state index in [0.29, 0.717) is 12.1 Å². The van der Waals surface area contributed by atoms with Gasteiger partial charge in [-0.05, 0) is 36.5 Å². The van der Waals surface area contributed by atoms with Crippen molar-refractivity contribution in [1.82, 2.24) is 10.2 Å². The molecule has 4 rings (SSSR count). The molecule has 0 radical (unpaired) electrons. The number of piperidine rings is 1. The lowest BCUT2D eigenvalue weighted by molar-refractivity contribution is -0.121. The van der Waals surface area contributed by atoms with Crippen LogP contribution in [-0.2, 0) is 11.3 Å². The van der Waals surface area contributed by atoms with Gasteiger partial charge in [0.15, 0.2) is 0 Å². The van der Waals surface area contributed by atoms with Crippen LogP contribution in [0, 0.1) is 0 Å². The van der Waals surface area contributed by atoms with Gasteiger partial charge in [-0.3, -0.25) is 9.69 Å². The van der Waals surface area contributed by atoms with E-state index in [-0.39, 0.29) is 17.4 Å². The van der Waals surface area contributed by atoms with E-state index in [2.05, 4.69) is 10.2 Å². The van der Waals surface area contributed by atoms with E-state index in [1.54, 1.807) is 12.1 Å². The summed E-state index contributed by atoms with van der Waals surface area (Å²) in [6.07, 6.45) is 2.64. The second-order valence-corrected chi connectivity index (χ2v) is 7.68. The molecule has 27 heavy (non-hydrogen) atoms. The fraction of sp³-hybridized carbons (Fsp3) is 0.364. The zero-order chi connectivity index (χ0) is 18.9. The first-order valence-corrected chi connectivity index (χ1v) is 9.47. The first-order chi connectivity index (χ1) is 13.1. The quantitative estimate of drug-likeness (QED) is 0.875. The molecule has 2 aromatic rings. The minimum atomic E-state index is -0.882. The predicted octanol–water partition coefficient (Wildman–Crippen LogP) is 3.02. The maximum Gasteiger partial charge on any atom is 0.336 e. The van der Waals surface area contributed by atoms with Gasteiger partial charge in [0.1, 0.15) is 0 Å². The number of carboxylic acids is 1. The van der Waals surface area contributed by atoms with Crippen LogP contribution in [0.2, 0.25) is 0 Å². The van der Waals surface area contributed by atoms with Crippen LogP contribution in [0.4, 0.5) is 0 Å². The number of carboxylic acid groups (broad SMARTS) is 1. The number of aromatic carboxylic acids is 1. The summed E-state index contributed by atoms with van der Waals surface area (Å²) < 4.78 is 0. The smallest absolute Gasteiger partial charge is 0.336 e. The molecule has 2 fully saturated rings. The Bertz CT molecular complexity index is 842. The summed E-state index contributed by atoms with van der Waals surface area (Å²) in [5.41, 5.74) is 2.18. The molecule has 0 aromatic heterocycles. The van der Waals surface area contributed by atoms with Crippen molar-refractivity contribution >= 4 is 11.9 Å². The Kier molecular flexibility index (Phi) is 4.70.